The summed E-state index contributed by atoms with van der Waals surface area (Å²) in [4.78, 5) is 20.1. The van der Waals surface area contributed by atoms with E-state index in [4.69, 9.17) is 16.6 Å². The maximum absolute atomic E-state index is 10.1. The van der Waals surface area contributed by atoms with Gasteiger partial charge in [-0.1, -0.05) is 0 Å². The van der Waals surface area contributed by atoms with E-state index in [1.54, 1.807) is 0 Å². The highest BCUT2D eigenvalue weighted by Gasteiger charge is 2.11. The van der Waals surface area contributed by atoms with Crippen molar-refractivity contribution in [2.24, 2.45) is 11.5 Å². The Morgan fingerprint density at radius 3 is 1.85 bits per heavy atom. The molecule has 1 amide bonds. The first kappa shape index (κ1) is 23.0. The molecule has 0 saturated carbocycles. The number of hydrogen-bond acceptors (Lipinski definition) is 3. The second kappa shape index (κ2) is 11.8. The van der Waals surface area contributed by atoms with Gasteiger partial charge in [0.25, 0.3) is 0 Å². The van der Waals surface area contributed by atoms with Gasteiger partial charge in [-0.3, -0.25) is 9.59 Å². The van der Waals surface area contributed by atoms with Crippen molar-refractivity contribution >= 4 is 49.1 Å². The fraction of sp³-hybridized carbons (Fsp3) is 0.600. The summed E-state index contributed by atoms with van der Waals surface area (Å²) in [7, 11) is 0. The van der Waals surface area contributed by atoms with Gasteiger partial charge in [0.15, 0.2) is 0 Å². The molecule has 0 aliphatic heterocycles. The lowest BCUT2D eigenvalue weighted by atomic mass is 10.2. The van der Waals surface area contributed by atoms with Crippen LogP contribution in [0.2, 0.25) is 0 Å². The number of primary amides is 1. The molecule has 0 fully saturated rings. The highest BCUT2D eigenvalue weighted by atomic mass is 35.5. The predicted molar refractivity (Wildman–Crippen MR) is 55.8 cm³/mol. The zero-order chi connectivity index (χ0) is 8.15. The molecule has 0 bridgehead atoms. The lowest BCUT2D eigenvalue weighted by molar-refractivity contribution is -0.138. The zero-order valence-electron chi connectivity index (χ0n) is 6.63. The third kappa shape index (κ3) is 14.6. The average Bonchev–Trinajstić information content (AvgIpc) is 1.82. The summed E-state index contributed by atoms with van der Waals surface area (Å²) in [6.45, 7) is 0. The van der Waals surface area contributed by atoms with Gasteiger partial charge in [-0.15, -0.1) is 37.2 Å². The number of carboxylic acids is 1. The minimum Gasteiger partial charge on any atom is -0.480 e. The molecular weight excluding hydrogens is 242 g/mol. The first-order valence-electron chi connectivity index (χ1n) is 2.80. The van der Waals surface area contributed by atoms with Crippen LogP contribution in [0.25, 0.3) is 0 Å². The van der Waals surface area contributed by atoms with Crippen molar-refractivity contribution < 1.29 is 14.7 Å². The molecule has 13 heavy (non-hydrogen) atoms. The number of carbonyl (C=O) groups is 2. The van der Waals surface area contributed by atoms with Gasteiger partial charge in [0.2, 0.25) is 5.91 Å². The maximum Gasteiger partial charge on any atom is 0.320 e. The topological polar surface area (TPSA) is 106 Å². The Morgan fingerprint density at radius 2 is 1.62 bits per heavy atom. The van der Waals surface area contributed by atoms with E-state index >= 15 is 0 Å². The van der Waals surface area contributed by atoms with Crippen LogP contribution < -0.4 is 11.5 Å². The van der Waals surface area contributed by atoms with Gasteiger partial charge in [-0.2, -0.15) is 0 Å². The van der Waals surface area contributed by atoms with Crippen LogP contribution in [0.5, 0.6) is 0 Å². The summed E-state index contributed by atoms with van der Waals surface area (Å²) in [6, 6.07) is -0.979. The monoisotopic (exact) mass is 254 g/mol. The molecule has 0 rings (SSSR count). The Morgan fingerprint density at radius 1 is 1.23 bits per heavy atom. The Bertz CT molecular complexity index is 156. The van der Waals surface area contributed by atoms with Crippen LogP contribution in [-0.4, -0.2) is 23.0 Å². The van der Waals surface area contributed by atoms with E-state index in [-0.39, 0.29) is 50.1 Å². The molecule has 5 N–H and O–H groups in total. The minimum atomic E-state index is -1.11. The van der Waals surface area contributed by atoms with Gasteiger partial charge in [-0.25, -0.2) is 0 Å². The van der Waals surface area contributed by atoms with Crippen LogP contribution in [0.15, 0.2) is 0 Å². The average molecular weight is 256 g/mol. The Hall–Kier alpha value is -0.230. The predicted octanol–water partition coefficient (Wildman–Crippen LogP) is -0.0708. The summed E-state index contributed by atoms with van der Waals surface area (Å²) < 4.78 is 0. The summed E-state index contributed by atoms with van der Waals surface area (Å²) in [6.07, 6.45) is 0.123. The number of halogens is 3. The number of carboxylic acid groups (broad SMARTS) is 1. The van der Waals surface area contributed by atoms with Crippen molar-refractivity contribution in [2.45, 2.75) is 18.9 Å². The molecule has 1 atom stereocenters. The number of amides is 1. The first-order chi connectivity index (χ1) is 4.54. The van der Waals surface area contributed by atoms with Gasteiger partial charge in [0.1, 0.15) is 6.04 Å². The molecule has 0 aromatic rings. The Balaban J connectivity index is -0.000000135. The van der Waals surface area contributed by atoms with Crippen molar-refractivity contribution in [3.8, 4) is 0 Å². The van der Waals surface area contributed by atoms with E-state index in [9.17, 15) is 9.59 Å². The summed E-state index contributed by atoms with van der Waals surface area (Å²) in [5.74, 6) is -1.64. The fourth-order valence-electron chi connectivity index (χ4n) is 0.421. The first-order valence-corrected chi connectivity index (χ1v) is 2.80. The van der Waals surface area contributed by atoms with Crippen LogP contribution in [0.1, 0.15) is 12.8 Å². The molecule has 82 valence electrons. The molecule has 0 spiro atoms. The van der Waals surface area contributed by atoms with Crippen molar-refractivity contribution in [3.05, 3.63) is 0 Å². The Kier molecular flexibility index (Phi) is 20.8. The standard InChI is InChI=1S/C5H10N2O3.3ClH/c6-3(5(9)10)1-2-4(7)8;;;/h3H,1-2,6H2,(H2,7,8)(H,9,10);3*1H/t3-;;;/m0.../s1. The molecule has 0 saturated heterocycles. The number of hydrogen-bond donors (Lipinski definition) is 3. The molecule has 8 heteroatoms. The third-order valence-electron chi connectivity index (χ3n) is 1.02. The van der Waals surface area contributed by atoms with E-state index in [0.717, 1.165) is 0 Å². The van der Waals surface area contributed by atoms with Gasteiger partial charge in [0.05, 0.1) is 0 Å². The van der Waals surface area contributed by atoms with Crippen molar-refractivity contribution in [2.75, 3.05) is 0 Å². The molecule has 5 nitrogen and oxygen atoms in total. The van der Waals surface area contributed by atoms with E-state index in [0.29, 0.717) is 0 Å². The normalized spacial score (nSPS) is 9.62. The molecule has 0 aliphatic carbocycles. The molecule has 0 aliphatic rings. The second-order valence-corrected chi connectivity index (χ2v) is 1.95. The van der Waals surface area contributed by atoms with Gasteiger partial charge in [0, 0.05) is 6.42 Å². The largest absolute Gasteiger partial charge is 0.480 e. The third-order valence-corrected chi connectivity index (χ3v) is 1.02. The number of aliphatic carboxylic acids is 1. The van der Waals surface area contributed by atoms with E-state index in [2.05, 4.69) is 0 Å². The molecule has 0 radical (unpaired) electrons. The van der Waals surface area contributed by atoms with Gasteiger partial charge < -0.3 is 16.6 Å². The highest BCUT2D eigenvalue weighted by molar-refractivity contribution is 5.86. The number of rotatable bonds is 4. The lowest BCUT2D eigenvalue weighted by Gasteiger charge is -2.01. The quantitative estimate of drug-likeness (QED) is 0.653. The molecule has 0 heterocycles. The lowest BCUT2D eigenvalue weighted by Crippen LogP contribution is -2.31. The van der Waals surface area contributed by atoms with E-state index in [1.807, 2.05) is 0 Å². The maximum atomic E-state index is 10.1. The van der Waals surface area contributed by atoms with Crippen molar-refractivity contribution in [1.82, 2.24) is 0 Å². The van der Waals surface area contributed by atoms with E-state index < -0.39 is 17.9 Å². The molecule has 0 unspecified atom stereocenters. The van der Waals surface area contributed by atoms with Crippen LogP contribution in [-0.2, 0) is 9.59 Å². The van der Waals surface area contributed by atoms with Crippen LogP contribution >= 0.6 is 37.2 Å². The Labute approximate surface area is 94.5 Å². The summed E-state index contributed by atoms with van der Waals surface area (Å²) in [5, 5.41) is 8.22. The SMILES string of the molecule is Cl.Cl.Cl.NC(=O)CC[C@H](N)C(=O)O. The van der Waals surface area contributed by atoms with Crippen molar-refractivity contribution in [1.29, 1.82) is 0 Å². The summed E-state index contributed by atoms with van der Waals surface area (Å²) >= 11 is 0. The summed E-state index contributed by atoms with van der Waals surface area (Å²) in [5.41, 5.74) is 9.81. The van der Waals surface area contributed by atoms with Crippen LogP contribution in [0.3, 0.4) is 0 Å². The molecule has 0 aromatic heterocycles. The van der Waals surface area contributed by atoms with Gasteiger partial charge in [-0.05, 0) is 6.42 Å². The van der Waals surface area contributed by atoms with Crippen LogP contribution in [0, 0.1) is 0 Å². The zero-order valence-corrected chi connectivity index (χ0v) is 9.08. The molecular formula is C5H13Cl3N2O3. The highest BCUT2D eigenvalue weighted by Crippen LogP contribution is 1.92. The second-order valence-electron chi connectivity index (χ2n) is 1.95. The van der Waals surface area contributed by atoms with Gasteiger partial charge >= 0.3 is 5.97 Å². The smallest absolute Gasteiger partial charge is 0.320 e. The van der Waals surface area contributed by atoms with E-state index in [1.165, 1.54) is 0 Å². The molecule has 0 aromatic carbocycles. The fourth-order valence-corrected chi connectivity index (χ4v) is 0.421. The van der Waals surface area contributed by atoms with Crippen LogP contribution in [0.4, 0.5) is 0 Å². The number of carbonyl (C=O) groups excluding carboxylic acids is 1. The number of nitrogens with two attached hydrogens (primary N) is 2. The minimum absolute atomic E-state index is 0. The van der Waals surface area contributed by atoms with Crippen molar-refractivity contribution in [3.63, 3.8) is 0 Å².